The minimum absolute atomic E-state index is 0.163. The predicted molar refractivity (Wildman–Crippen MR) is 61.9 cm³/mol. The summed E-state index contributed by atoms with van der Waals surface area (Å²) in [5.41, 5.74) is 1.00. The Morgan fingerprint density at radius 3 is 2.80 bits per heavy atom. The molecule has 0 amide bonds. The third-order valence-corrected chi connectivity index (χ3v) is 2.67. The Bertz CT molecular complexity index is 304. The largest absolute Gasteiger partial charge is 0.395 e. The van der Waals surface area contributed by atoms with Crippen LogP contribution in [-0.2, 0) is 6.54 Å². The molecule has 1 N–H and O–H groups in total. The van der Waals surface area contributed by atoms with Crippen molar-refractivity contribution in [3.05, 3.63) is 29.0 Å². The van der Waals surface area contributed by atoms with E-state index in [0.717, 1.165) is 12.1 Å². The summed E-state index contributed by atoms with van der Waals surface area (Å²) in [7, 11) is 0. The maximum absolute atomic E-state index is 8.94. The zero-order valence-electron chi connectivity index (χ0n) is 9.15. The molecule has 15 heavy (non-hydrogen) atoms. The molecule has 0 aliphatic carbocycles. The highest BCUT2D eigenvalue weighted by Crippen LogP contribution is 2.15. The highest BCUT2D eigenvalue weighted by atomic mass is 35.5. The molecule has 4 heteroatoms. The highest BCUT2D eigenvalue weighted by molar-refractivity contribution is 6.30. The summed E-state index contributed by atoms with van der Waals surface area (Å²) in [4.78, 5) is 6.18. The summed E-state index contributed by atoms with van der Waals surface area (Å²) in [6, 6.07) is 4.22. The Balaban J connectivity index is 2.69. The lowest BCUT2D eigenvalue weighted by Crippen LogP contribution is -2.33. The van der Waals surface area contributed by atoms with E-state index in [0.29, 0.717) is 17.7 Å². The van der Waals surface area contributed by atoms with E-state index in [1.165, 1.54) is 0 Å². The molecule has 0 aliphatic rings. The van der Waals surface area contributed by atoms with Crippen molar-refractivity contribution in [2.75, 3.05) is 13.2 Å². The molecule has 0 radical (unpaired) electrons. The minimum atomic E-state index is 0.163. The Kier molecular flexibility index (Phi) is 5.02. The van der Waals surface area contributed by atoms with Gasteiger partial charge in [0.05, 0.1) is 6.61 Å². The van der Waals surface area contributed by atoms with Gasteiger partial charge in [0.15, 0.2) is 0 Å². The zero-order chi connectivity index (χ0) is 11.3. The average molecular weight is 229 g/mol. The van der Waals surface area contributed by atoms with Crippen molar-refractivity contribution in [3.63, 3.8) is 0 Å². The molecule has 1 heterocycles. The van der Waals surface area contributed by atoms with Crippen LogP contribution in [0.4, 0.5) is 0 Å². The van der Waals surface area contributed by atoms with Crippen molar-refractivity contribution in [3.8, 4) is 0 Å². The maximum atomic E-state index is 8.94. The first-order valence-electron chi connectivity index (χ1n) is 5.09. The Labute approximate surface area is 95.7 Å². The Morgan fingerprint density at radius 2 is 2.27 bits per heavy atom. The average Bonchev–Trinajstić information content (AvgIpc) is 2.20. The molecule has 0 saturated carbocycles. The second-order valence-electron chi connectivity index (χ2n) is 3.74. The van der Waals surface area contributed by atoms with Gasteiger partial charge < -0.3 is 5.11 Å². The number of halogens is 1. The topological polar surface area (TPSA) is 36.4 Å². The van der Waals surface area contributed by atoms with Crippen LogP contribution in [0.5, 0.6) is 0 Å². The predicted octanol–water partition coefficient (Wildman–Crippen LogP) is 1.94. The second-order valence-corrected chi connectivity index (χ2v) is 4.10. The van der Waals surface area contributed by atoms with Gasteiger partial charge in [0.25, 0.3) is 0 Å². The van der Waals surface area contributed by atoms with Crippen molar-refractivity contribution >= 4 is 11.6 Å². The van der Waals surface area contributed by atoms with Crippen LogP contribution in [0.3, 0.4) is 0 Å². The highest BCUT2D eigenvalue weighted by Gasteiger charge is 2.11. The summed E-state index contributed by atoms with van der Waals surface area (Å²) in [5.74, 6) is 0. The number of pyridine rings is 1. The Morgan fingerprint density at radius 1 is 1.53 bits per heavy atom. The van der Waals surface area contributed by atoms with Gasteiger partial charge in [0.2, 0.25) is 0 Å². The monoisotopic (exact) mass is 228 g/mol. The fourth-order valence-corrected chi connectivity index (χ4v) is 1.58. The van der Waals surface area contributed by atoms with Gasteiger partial charge in [0, 0.05) is 30.9 Å². The molecule has 1 rings (SSSR count). The first-order valence-corrected chi connectivity index (χ1v) is 5.47. The number of hydrogen-bond acceptors (Lipinski definition) is 3. The molecule has 84 valence electrons. The molecule has 0 saturated heterocycles. The van der Waals surface area contributed by atoms with Crippen LogP contribution in [0.15, 0.2) is 18.3 Å². The van der Waals surface area contributed by atoms with Gasteiger partial charge in [-0.1, -0.05) is 17.7 Å². The molecular weight excluding hydrogens is 212 g/mol. The summed E-state index contributed by atoms with van der Waals surface area (Å²) in [5, 5.41) is 9.49. The molecule has 1 aromatic rings. The van der Waals surface area contributed by atoms with Crippen LogP contribution in [0.1, 0.15) is 19.4 Å². The molecule has 0 spiro atoms. The molecular formula is C11H17ClN2O. The maximum Gasteiger partial charge on any atom is 0.133 e. The minimum Gasteiger partial charge on any atom is -0.395 e. The quantitative estimate of drug-likeness (QED) is 0.783. The van der Waals surface area contributed by atoms with Crippen molar-refractivity contribution < 1.29 is 5.11 Å². The lowest BCUT2D eigenvalue weighted by molar-refractivity contribution is 0.159. The molecule has 0 bridgehead atoms. The molecule has 0 atom stereocenters. The first kappa shape index (κ1) is 12.4. The normalized spacial score (nSPS) is 11.3. The van der Waals surface area contributed by atoms with E-state index < -0.39 is 0 Å². The standard InChI is InChI=1S/C11H17ClN2O/c1-9(2)14(6-7-15)8-10-4-3-5-13-11(10)12/h3-5,9,15H,6-8H2,1-2H3. The van der Waals surface area contributed by atoms with E-state index >= 15 is 0 Å². The van der Waals surface area contributed by atoms with Crippen molar-refractivity contribution in [2.45, 2.75) is 26.4 Å². The fraction of sp³-hybridized carbons (Fsp3) is 0.545. The van der Waals surface area contributed by atoms with E-state index in [2.05, 4.69) is 23.7 Å². The van der Waals surface area contributed by atoms with Gasteiger partial charge >= 0.3 is 0 Å². The van der Waals surface area contributed by atoms with E-state index in [9.17, 15) is 0 Å². The van der Waals surface area contributed by atoms with Crippen molar-refractivity contribution in [1.29, 1.82) is 0 Å². The van der Waals surface area contributed by atoms with Crippen LogP contribution >= 0.6 is 11.6 Å². The molecule has 1 aromatic heterocycles. The molecule has 0 fully saturated rings. The number of nitrogens with zero attached hydrogens (tertiary/aromatic N) is 2. The lowest BCUT2D eigenvalue weighted by Gasteiger charge is -2.25. The lowest BCUT2D eigenvalue weighted by atomic mass is 10.2. The fourth-order valence-electron chi connectivity index (χ4n) is 1.40. The van der Waals surface area contributed by atoms with E-state index in [4.69, 9.17) is 16.7 Å². The molecule has 3 nitrogen and oxygen atoms in total. The van der Waals surface area contributed by atoms with Crippen LogP contribution in [-0.4, -0.2) is 34.2 Å². The van der Waals surface area contributed by atoms with Crippen molar-refractivity contribution in [1.82, 2.24) is 9.88 Å². The van der Waals surface area contributed by atoms with E-state index in [1.807, 2.05) is 12.1 Å². The second kappa shape index (κ2) is 6.05. The SMILES string of the molecule is CC(C)N(CCO)Cc1cccnc1Cl. The summed E-state index contributed by atoms with van der Waals surface area (Å²) in [6.45, 7) is 5.74. The third kappa shape index (κ3) is 3.78. The van der Waals surface area contributed by atoms with Crippen LogP contribution < -0.4 is 0 Å². The van der Waals surface area contributed by atoms with Gasteiger partial charge in [-0.25, -0.2) is 4.98 Å². The summed E-state index contributed by atoms with van der Waals surface area (Å²) in [6.07, 6.45) is 1.68. The number of aliphatic hydroxyl groups is 1. The van der Waals surface area contributed by atoms with Gasteiger partial charge in [-0.2, -0.15) is 0 Å². The molecule has 0 aromatic carbocycles. The molecule has 0 unspecified atom stereocenters. The first-order chi connectivity index (χ1) is 7.15. The summed E-state index contributed by atoms with van der Waals surface area (Å²) >= 11 is 5.97. The number of aliphatic hydroxyl groups excluding tert-OH is 1. The van der Waals surface area contributed by atoms with Gasteiger partial charge in [-0.05, 0) is 19.9 Å². The van der Waals surface area contributed by atoms with Gasteiger partial charge in [-0.3, -0.25) is 4.90 Å². The van der Waals surface area contributed by atoms with Crippen LogP contribution in [0, 0.1) is 0 Å². The van der Waals surface area contributed by atoms with Crippen molar-refractivity contribution in [2.24, 2.45) is 0 Å². The van der Waals surface area contributed by atoms with Crippen LogP contribution in [0.25, 0.3) is 0 Å². The molecule has 0 aliphatic heterocycles. The zero-order valence-corrected chi connectivity index (χ0v) is 9.91. The summed E-state index contributed by atoms with van der Waals surface area (Å²) < 4.78 is 0. The van der Waals surface area contributed by atoms with Gasteiger partial charge in [-0.15, -0.1) is 0 Å². The number of hydrogen-bond donors (Lipinski definition) is 1. The van der Waals surface area contributed by atoms with Gasteiger partial charge in [0.1, 0.15) is 5.15 Å². The van der Waals surface area contributed by atoms with Crippen LogP contribution in [0.2, 0.25) is 5.15 Å². The third-order valence-electron chi connectivity index (χ3n) is 2.33. The van der Waals surface area contributed by atoms with E-state index in [1.54, 1.807) is 6.20 Å². The Hall–Kier alpha value is -0.640. The van der Waals surface area contributed by atoms with E-state index in [-0.39, 0.29) is 6.61 Å². The smallest absolute Gasteiger partial charge is 0.133 e. The number of rotatable bonds is 5. The number of aromatic nitrogens is 1.